The first kappa shape index (κ1) is 24.5. The molecule has 9 heteroatoms. The minimum Gasteiger partial charge on any atom is -0.460 e. The average Bonchev–Trinajstić information content (AvgIpc) is 2.63. The van der Waals surface area contributed by atoms with Crippen LogP contribution < -0.4 is 16.4 Å². The van der Waals surface area contributed by atoms with Gasteiger partial charge in [-0.1, -0.05) is 29.3 Å². The monoisotopic (exact) mass is 465 g/mol. The molecule has 0 aliphatic heterocycles. The average molecular weight is 466 g/mol. The van der Waals surface area contributed by atoms with Gasteiger partial charge in [-0.2, -0.15) is 0 Å². The number of hydrogen-bond acceptors (Lipinski definition) is 5. The van der Waals surface area contributed by atoms with E-state index in [-0.39, 0.29) is 13.0 Å². The molecule has 1 unspecified atom stereocenters. The molecule has 166 valence electrons. The van der Waals surface area contributed by atoms with E-state index in [1.165, 1.54) is 6.07 Å². The number of ether oxygens (including phenoxy) is 1. The van der Waals surface area contributed by atoms with Crippen LogP contribution in [0, 0.1) is 0 Å². The van der Waals surface area contributed by atoms with E-state index in [0.717, 1.165) is 0 Å². The SMILES string of the molecule is CC(C)(C)OC(=O)CC(NC(=O)CNC(=O)c1cccc(N)c1)c1cc(Cl)cc(Cl)c1. The summed E-state index contributed by atoms with van der Waals surface area (Å²) in [6.07, 6.45) is -0.136. The van der Waals surface area contributed by atoms with Crippen LogP contribution in [0.2, 0.25) is 10.0 Å². The van der Waals surface area contributed by atoms with Crippen LogP contribution in [0.3, 0.4) is 0 Å². The van der Waals surface area contributed by atoms with E-state index < -0.39 is 29.4 Å². The summed E-state index contributed by atoms with van der Waals surface area (Å²) in [7, 11) is 0. The van der Waals surface area contributed by atoms with E-state index in [2.05, 4.69) is 10.6 Å². The predicted octanol–water partition coefficient (Wildman–Crippen LogP) is 3.89. The Morgan fingerprint density at radius 1 is 1.06 bits per heavy atom. The van der Waals surface area contributed by atoms with Crippen LogP contribution in [0.15, 0.2) is 42.5 Å². The lowest BCUT2D eigenvalue weighted by Gasteiger charge is -2.23. The zero-order chi connectivity index (χ0) is 23.2. The quantitative estimate of drug-likeness (QED) is 0.424. The van der Waals surface area contributed by atoms with Gasteiger partial charge in [0, 0.05) is 21.3 Å². The van der Waals surface area contributed by atoms with Gasteiger partial charge >= 0.3 is 5.97 Å². The topological polar surface area (TPSA) is 111 Å². The zero-order valence-corrected chi connectivity index (χ0v) is 19.0. The van der Waals surface area contributed by atoms with Gasteiger partial charge in [-0.05, 0) is 62.7 Å². The molecular weight excluding hydrogens is 441 g/mol. The number of nitrogens with one attached hydrogen (secondary N) is 2. The van der Waals surface area contributed by atoms with E-state index >= 15 is 0 Å². The van der Waals surface area contributed by atoms with Crippen molar-refractivity contribution in [2.24, 2.45) is 0 Å². The van der Waals surface area contributed by atoms with Gasteiger partial charge in [0.25, 0.3) is 5.91 Å². The van der Waals surface area contributed by atoms with Crippen LogP contribution in [-0.4, -0.2) is 29.9 Å². The Balaban J connectivity index is 2.09. The first-order valence-corrected chi connectivity index (χ1v) is 10.3. The second-order valence-corrected chi connectivity index (χ2v) is 8.79. The molecule has 0 aliphatic rings. The van der Waals surface area contributed by atoms with Crippen molar-refractivity contribution < 1.29 is 19.1 Å². The minimum absolute atomic E-state index is 0.136. The predicted molar refractivity (Wildman–Crippen MR) is 121 cm³/mol. The molecule has 2 aromatic carbocycles. The van der Waals surface area contributed by atoms with E-state index in [1.807, 2.05) is 0 Å². The van der Waals surface area contributed by atoms with E-state index in [0.29, 0.717) is 26.9 Å². The van der Waals surface area contributed by atoms with Gasteiger partial charge in [0.05, 0.1) is 19.0 Å². The van der Waals surface area contributed by atoms with Crippen LogP contribution in [0.5, 0.6) is 0 Å². The van der Waals surface area contributed by atoms with Crippen molar-refractivity contribution >= 4 is 46.7 Å². The highest BCUT2D eigenvalue weighted by molar-refractivity contribution is 6.34. The fraction of sp³-hybridized carbons (Fsp3) is 0.318. The third-order valence-corrected chi connectivity index (χ3v) is 4.41. The summed E-state index contributed by atoms with van der Waals surface area (Å²) in [5, 5.41) is 5.97. The number of halogens is 2. The van der Waals surface area contributed by atoms with E-state index in [1.54, 1.807) is 57.2 Å². The molecule has 0 heterocycles. The molecule has 0 saturated carbocycles. The number of esters is 1. The van der Waals surface area contributed by atoms with Crippen molar-refractivity contribution in [1.82, 2.24) is 10.6 Å². The normalized spacial score (nSPS) is 12.0. The molecule has 0 aliphatic carbocycles. The fourth-order valence-corrected chi connectivity index (χ4v) is 3.31. The molecule has 4 N–H and O–H groups in total. The molecule has 0 bridgehead atoms. The third kappa shape index (κ3) is 8.47. The van der Waals surface area contributed by atoms with Crippen molar-refractivity contribution in [3.63, 3.8) is 0 Å². The molecule has 31 heavy (non-hydrogen) atoms. The summed E-state index contributed by atoms with van der Waals surface area (Å²) in [6.45, 7) is 4.95. The summed E-state index contributed by atoms with van der Waals surface area (Å²) in [5.74, 6) is -1.45. The molecule has 0 saturated heterocycles. The Labute approximate surface area is 191 Å². The van der Waals surface area contributed by atoms with Crippen molar-refractivity contribution in [1.29, 1.82) is 0 Å². The molecule has 2 amide bonds. The summed E-state index contributed by atoms with van der Waals surface area (Å²) >= 11 is 12.2. The summed E-state index contributed by atoms with van der Waals surface area (Å²) in [5.41, 5.74) is 6.31. The molecule has 7 nitrogen and oxygen atoms in total. The molecule has 0 fully saturated rings. The smallest absolute Gasteiger partial charge is 0.308 e. The highest BCUT2D eigenvalue weighted by Crippen LogP contribution is 2.26. The van der Waals surface area contributed by atoms with Gasteiger partial charge in [-0.3, -0.25) is 14.4 Å². The fourth-order valence-electron chi connectivity index (χ4n) is 2.77. The highest BCUT2D eigenvalue weighted by Gasteiger charge is 2.24. The van der Waals surface area contributed by atoms with Gasteiger partial charge < -0.3 is 21.1 Å². The molecule has 2 aromatic rings. The van der Waals surface area contributed by atoms with E-state index in [9.17, 15) is 14.4 Å². The Morgan fingerprint density at radius 3 is 2.29 bits per heavy atom. The van der Waals surface area contributed by atoms with Crippen LogP contribution in [-0.2, 0) is 14.3 Å². The molecule has 0 radical (unpaired) electrons. The van der Waals surface area contributed by atoms with Crippen LogP contribution in [0.4, 0.5) is 5.69 Å². The maximum absolute atomic E-state index is 12.5. The largest absolute Gasteiger partial charge is 0.460 e. The van der Waals surface area contributed by atoms with Gasteiger partial charge in [0.15, 0.2) is 0 Å². The van der Waals surface area contributed by atoms with Crippen LogP contribution >= 0.6 is 23.2 Å². The number of anilines is 1. The second-order valence-electron chi connectivity index (χ2n) is 7.92. The van der Waals surface area contributed by atoms with Crippen molar-refractivity contribution in [2.75, 3.05) is 12.3 Å². The summed E-state index contributed by atoms with van der Waals surface area (Å²) in [6, 6.07) is 10.4. The molecule has 0 spiro atoms. The number of carbonyl (C=O) groups is 3. The number of nitrogens with two attached hydrogens (primary N) is 1. The van der Waals surface area contributed by atoms with Crippen molar-refractivity contribution in [2.45, 2.75) is 38.8 Å². The Hall–Kier alpha value is -2.77. The van der Waals surface area contributed by atoms with Gasteiger partial charge in [0.2, 0.25) is 5.91 Å². The maximum Gasteiger partial charge on any atom is 0.308 e. The Morgan fingerprint density at radius 2 is 1.71 bits per heavy atom. The molecule has 0 aromatic heterocycles. The number of benzene rings is 2. The summed E-state index contributed by atoms with van der Waals surface area (Å²) < 4.78 is 5.36. The lowest BCUT2D eigenvalue weighted by atomic mass is 10.0. The van der Waals surface area contributed by atoms with Gasteiger partial charge in [0.1, 0.15) is 5.60 Å². The number of nitrogen functional groups attached to an aromatic ring is 1. The van der Waals surface area contributed by atoms with Crippen LogP contribution in [0.25, 0.3) is 0 Å². The first-order chi connectivity index (χ1) is 14.4. The Bertz CT molecular complexity index is 953. The summed E-state index contributed by atoms with van der Waals surface area (Å²) in [4.78, 5) is 37.1. The van der Waals surface area contributed by atoms with Crippen LogP contribution in [0.1, 0.15) is 49.2 Å². The van der Waals surface area contributed by atoms with Crippen molar-refractivity contribution in [3.8, 4) is 0 Å². The zero-order valence-electron chi connectivity index (χ0n) is 17.5. The number of rotatable bonds is 7. The first-order valence-electron chi connectivity index (χ1n) is 9.54. The lowest BCUT2D eigenvalue weighted by molar-refractivity contribution is -0.155. The molecule has 2 rings (SSSR count). The Kier molecular flexibility index (Phi) is 8.30. The van der Waals surface area contributed by atoms with Gasteiger partial charge in [-0.25, -0.2) is 0 Å². The second kappa shape index (κ2) is 10.5. The highest BCUT2D eigenvalue weighted by atomic mass is 35.5. The minimum atomic E-state index is -0.747. The lowest BCUT2D eigenvalue weighted by Crippen LogP contribution is -2.39. The molecular formula is C22H25Cl2N3O4. The van der Waals surface area contributed by atoms with Crippen molar-refractivity contribution in [3.05, 3.63) is 63.6 Å². The van der Waals surface area contributed by atoms with E-state index in [4.69, 9.17) is 33.7 Å². The molecule has 1 atom stereocenters. The third-order valence-electron chi connectivity index (χ3n) is 3.97. The number of hydrogen-bond donors (Lipinski definition) is 3. The standard InChI is InChI=1S/C22H25Cl2N3O4/c1-22(2,3)31-20(29)11-18(14-7-15(23)10-16(24)8-14)27-19(28)12-26-21(30)13-5-4-6-17(25)9-13/h4-10,18H,11-12,25H2,1-3H3,(H,26,30)(H,27,28). The van der Waals surface area contributed by atoms with Gasteiger partial charge in [-0.15, -0.1) is 0 Å². The number of carbonyl (C=O) groups excluding carboxylic acids is 3. The maximum atomic E-state index is 12.5. The number of amides is 2.